The number of ether oxygens (including phenoxy) is 2. The van der Waals surface area contributed by atoms with Crippen molar-refractivity contribution < 1.29 is 29.0 Å². The van der Waals surface area contributed by atoms with Gasteiger partial charge in [0.2, 0.25) is 17.6 Å². The van der Waals surface area contributed by atoms with Crippen LogP contribution in [-0.4, -0.2) is 84.2 Å². The van der Waals surface area contributed by atoms with Crippen LogP contribution in [-0.2, 0) is 14.4 Å². The van der Waals surface area contributed by atoms with Crippen molar-refractivity contribution in [3.8, 4) is 17.2 Å². The van der Waals surface area contributed by atoms with Crippen LogP contribution in [0.5, 0.6) is 17.2 Å². The van der Waals surface area contributed by atoms with Crippen LogP contribution in [0.3, 0.4) is 0 Å². The average molecular weight is 743 g/mol. The monoisotopic (exact) mass is 742 g/mol. The predicted molar refractivity (Wildman–Crippen MR) is 205 cm³/mol. The Balaban J connectivity index is 1.51. The number of aliphatic imine (C=N–C) groups is 2. The van der Waals surface area contributed by atoms with Crippen LogP contribution < -0.4 is 42.6 Å². The maximum absolute atomic E-state index is 14.4. The number of phenols is 1. The Kier molecular flexibility index (Phi) is 12.1. The van der Waals surface area contributed by atoms with Crippen LogP contribution in [0.15, 0.2) is 81.6 Å². The topological polar surface area (TPSA) is 261 Å². The fraction of sp³-hybridized carbons (Fsp3) is 0.278. The standard InChI is InChI=1S/C36H42N10O6S/c1-51-27-15-20(16-28(52-2)30(27)47)17-29-33(50)46(36(53-29)43-22-9-4-3-5-10-22)26(13-8-14-42-34(38)39)32(49)44-24(31(37)48)18-21-19-45(35(40)41)25-12-7-6-11-23(21)25/h3-7,9-12,15-17,21,24,26,47H,8,13-14,18-19H2,1-2H3,(H2,37,48)(H3,40,41)(H,44,49)(H4,38,39,42)/b29-17-,43-36+/t21?,24-,26-/m0/s1. The van der Waals surface area contributed by atoms with Gasteiger partial charge < -0.3 is 47.7 Å². The number of carbonyl (C=O) groups is 3. The number of phenolic OH excluding ortho intramolecular Hbond substituents is 1. The molecule has 278 valence electrons. The first-order valence-electron chi connectivity index (χ1n) is 16.6. The number of fused-ring (bicyclic) bond motifs is 1. The zero-order valence-electron chi connectivity index (χ0n) is 29.2. The van der Waals surface area contributed by atoms with E-state index in [2.05, 4.69) is 10.3 Å². The van der Waals surface area contributed by atoms with Crippen LogP contribution in [0, 0.1) is 5.41 Å². The third-order valence-corrected chi connectivity index (χ3v) is 9.69. The summed E-state index contributed by atoms with van der Waals surface area (Å²) >= 11 is 1.05. The van der Waals surface area contributed by atoms with Gasteiger partial charge in [0.25, 0.3) is 5.91 Å². The lowest BCUT2D eigenvalue weighted by Crippen LogP contribution is -2.54. The third-order valence-electron chi connectivity index (χ3n) is 8.70. The summed E-state index contributed by atoms with van der Waals surface area (Å²) in [7, 11) is 2.78. The lowest BCUT2D eigenvalue weighted by atomic mass is 9.93. The lowest BCUT2D eigenvalue weighted by Gasteiger charge is -2.28. The number of amides is 3. The van der Waals surface area contributed by atoms with Crippen molar-refractivity contribution in [2.45, 2.75) is 37.3 Å². The summed E-state index contributed by atoms with van der Waals surface area (Å²) in [5.41, 5.74) is 25.4. The first-order chi connectivity index (χ1) is 25.4. The molecule has 2 aliphatic heterocycles. The van der Waals surface area contributed by atoms with E-state index in [-0.39, 0.29) is 64.5 Å². The zero-order chi connectivity index (χ0) is 38.2. The quantitative estimate of drug-likeness (QED) is 0.0545. The molecule has 1 fully saturated rings. The molecule has 11 N–H and O–H groups in total. The smallest absolute Gasteiger partial charge is 0.267 e. The number of benzene rings is 3. The van der Waals surface area contributed by atoms with Gasteiger partial charge in [0, 0.05) is 24.7 Å². The molecule has 0 aliphatic carbocycles. The average Bonchev–Trinajstić information content (AvgIpc) is 3.65. The Bertz CT molecular complexity index is 1940. The highest BCUT2D eigenvalue weighted by atomic mass is 32.2. The van der Waals surface area contributed by atoms with E-state index < -0.39 is 29.8 Å². The number of nitrogens with one attached hydrogen (secondary N) is 2. The molecule has 17 heteroatoms. The molecule has 0 spiro atoms. The number of nitrogens with zero attached hydrogens (tertiary/aromatic N) is 4. The van der Waals surface area contributed by atoms with Crippen LogP contribution in [0.1, 0.15) is 36.3 Å². The number of guanidine groups is 2. The van der Waals surface area contributed by atoms with Gasteiger partial charge in [0.15, 0.2) is 28.6 Å². The fourth-order valence-electron chi connectivity index (χ4n) is 6.20. The molecule has 5 rings (SSSR count). The van der Waals surface area contributed by atoms with Gasteiger partial charge in [-0.1, -0.05) is 36.4 Å². The molecule has 0 saturated carbocycles. The van der Waals surface area contributed by atoms with Crippen LogP contribution in [0.4, 0.5) is 11.4 Å². The minimum Gasteiger partial charge on any atom is -0.502 e. The van der Waals surface area contributed by atoms with Crippen LogP contribution in [0.25, 0.3) is 6.08 Å². The number of carbonyl (C=O) groups excluding carboxylic acids is 3. The lowest BCUT2D eigenvalue weighted by molar-refractivity contribution is -0.135. The number of aromatic hydroxyl groups is 1. The van der Waals surface area contributed by atoms with E-state index in [1.807, 2.05) is 30.3 Å². The van der Waals surface area contributed by atoms with Crippen molar-refractivity contribution in [1.29, 1.82) is 5.41 Å². The number of anilines is 1. The first kappa shape index (κ1) is 38.0. The number of hydrogen-bond donors (Lipinski definition) is 7. The van der Waals surface area contributed by atoms with Gasteiger partial charge in [0.1, 0.15) is 12.1 Å². The van der Waals surface area contributed by atoms with Crippen molar-refractivity contribution in [2.24, 2.45) is 32.9 Å². The van der Waals surface area contributed by atoms with Gasteiger partial charge in [-0.2, -0.15) is 0 Å². The van der Waals surface area contributed by atoms with Gasteiger partial charge in [0.05, 0.1) is 24.8 Å². The highest BCUT2D eigenvalue weighted by molar-refractivity contribution is 8.18. The summed E-state index contributed by atoms with van der Waals surface area (Å²) in [6, 6.07) is 17.1. The largest absolute Gasteiger partial charge is 0.502 e. The molecular formula is C36H42N10O6S. The number of hydrogen-bond acceptors (Lipinski definition) is 10. The zero-order valence-corrected chi connectivity index (χ0v) is 30.0. The van der Waals surface area contributed by atoms with Crippen LogP contribution >= 0.6 is 11.8 Å². The van der Waals surface area contributed by atoms with Crippen LogP contribution in [0.2, 0.25) is 0 Å². The predicted octanol–water partition coefficient (Wildman–Crippen LogP) is 2.29. The summed E-state index contributed by atoms with van der Waals surface area (Å²) in [5.74, 6) is -2.45. The van der Waals surface area contributed by atoms with Crippen molar-refractivity contribution >= 4 is 64.0 Å². The molecule has 3 aromatic rings. The van der Waals surface area contributed by atoms with Gasteiger partial charge in [-0.15, -0.1) is 0 Å². The number of primary amides is 1. The van der Waals surface area contributed by atoms with Crippen molar-refractivity contribution in [1.82, 2.24) is 10.2 Å². The van der Waals surface area contributed by atoms with Gasteiger partial charge >= 0.3 is 0 Å². The second-order valence-electron chi connectivity index (χ2n) is 12.2. The molecule has 16 nitrogen and oxygen atoms in total. The SMILES string of the molecule is COc1cc(/C=C2\S/C(=N/c3ccccc3)N([C@@H](CCCN=C(N)N)C(=O)N[C@@H](CC3CN(C(=N)N)c4ccccc43)C(N)=O)C2=O)cc(OC)c1O. The molecule has 0 aromatic heterocycles. The molecule has 53 heavy (non-hydrogen) atoms. The van der Waals surface area contributed by atoms with Crippen molar-refractivity contribution in [3.63, 3.8) is 0 Å². The van der Waals surface area contributed by atoms with Crippen molar-refractivity contribution in [2.75, 3.05) is 32.2 Å². The summed E-state index contributed by atoms with van der Waals surface area (Å²) in [5, 5.41) is 21.5. The summed E-state index contributed by atoms with van der Waals surface area (Å²) in [6.07, 6.45) is 2.08. The highest BCUT2D eigenvalue weighted by Gasteiger charge is 2.43. The van der Waals surface area contributed by atoms with Gasteiger partial charge in [-0.25, -0.2) is 4.99 Å². The highest BCUT2D eigenvalue weighted by Crippen LogP contribution is 2.41. The molecule has 2 heterocycles. The molecule has 1 unspecified atom stereocenters. The first-order valence-corrected chi connectivity index (χ1v) is 17.4. The van der Waals surface area contributed by atoms with E-state index in [4.69, 9.17) is 42.8 Å². The maximum atomic E-state index is 14.4. The number of thioether (sulfide) groups is 1. The fourth-order valence-corrected chi connectivity index (χ4v) is 7.23. The Morgan fingerprint density at radius 2 is 1.72 bits per heavy atom. The molecule has 3 amide bonds. The van der Waals surface area contributed by atoms with E-state index in [0.29, 0.717) is 24.2 Å². The van der Waals surface area contributed by atoms with E-state index in [9.17, 15) is 19.5 Å². The van der Waals surface area contributed by atoms with E-state index >= 15 is 0 Å². The third kappa shape index (κ3) is 8.81. The number of para-hydroxylation sites is 2. The summed E-state index contributed by atoms with van der Waals surface area (Å²) < 4.78 is 10.6. The summed E-state index contributed by atoms with van der Waals surface area (Å²) in [4.78, 5) is 53.6. The van der Waals surface area contributed by atoms with E-state index in [1.54, 1.807) is 47.4 Å². The second-order valence-corrected chi connectivity index (χ2v) is 13.2. The number of amidine groups is 1. The van der Waals surface area contributed by atoms with Gasteiger partial charge in [-0.05, 0) is 78.6 Å². The number of rotatable bonds is 14. The minimum absolute atomic E-state index is 0.0900. The molecule has 1 saturated heterocycles. The Labute approximate surface area is 310 Å². The maximum Gasteiger partial charge on any atom is 0.267 e. The van der Waals surface area contributed by atoms with Crippen molar-refractivity contribution in [3.05, 3.63) is 82.8 Å². The van der Waals surface area contributed by atoms with E-state index in [0.717, 1.165) is 23.0 Å². The Hall–Kier alpha value is -6.23. The normalized spacial score (nSPS) is 17.7. The Morgan fingerprint density at radius 1 is 1.06 bits per heavy atom. The Morgan fingerprint density at radius 3 is 2.34 bits per heavy atom. The molecular weight excluding hydrogens is 701 g/mol. The molecule has 0 radical (unpaired) electrons. The number of methoxy groups -OCH3 is 2. The molecule has 2 aliphatic rings. The summed E-state index contributed by atoms with van der Waals surface area (Å²) in [6.45, 7) is 0.480. The second kappa shape index (κ2) is 16.9. The number of nitrogens with two attached hydrogens (primary N) is 4. The molecule has 3 atom stereocenters. The minimum atomic E-state index is -1.17. The molecule has 3 aromatic carbocycles. The molecule has 0 bridgehead atoms. The van der Waals surface area contributed by atoms with E-state index in [1.165, 1.54) is 19.1 Å². The van der Waals surface area contributed by atoms with Gasteiger partial charge in [-0.3, -0.25) is 29.7 Å².